The number of hydrogen-bond donors (Lipinski definition) is 2. The van der Waals surface area contributed by atoms with Gasteiger partial charge in [0, 0.05) is 13.2 Å². The monoisotopic (exact) mass is 363 g/mol. The Morgan fingerprint density at radius 1 is 1.38 bits per heavy atom. The molecule has 0 radical (unpaired) electrons. The number of ether oxygens (including phenoxy) is 3. The van der Waals surface area contributed by atoms with Gasteiger partial charge in [0.2, 0.25) is 12.7 Å². The molecule has 0 spiro atoms. The summed E-state index contributed by atoms with van der Waals surface area (Å²) in [6, 6.07) is 4.18. The third kappa shape index (κ3) is 3.17. The van der Waals surface area contributed by atoms with Crippen molar-refractivity contribution in [3.63, 3.8) is 0 Å². The molecule has 1 aromatic rings. The lowest BCUT2D eigenvalue weighted by Gasteiger charge is -2.22. The molecule has 2 heterocycles. The van der Waals surface area contributed by atoms with Crippen molar-refractivity contribution in [3.8, 4) is 11.5 Å². The van der Waals surface area contributed by atoms with Gasteiger partial charge in [-0.15, -0.1) is 0 Å². The molecule has 9 nitrogen and oxygen atoms in total. The van der Waals surface area contributed by atoms with E-state index in [4.69, 9.17) is 14.2 Å². The van der Waals surface area contributed by atoms with Crippen molar-refractivity contribution >= 4 is 17.8 Å². The van der Waals surface area contributed by atoms with Crippen LogP contribution in [0.4, 0.5) is 4.79 Å². The maximum atomic E-state index is 12.9. The molecular weight excluding hydrogens is 342 g/mol. The molecule has 2 N–H and O–H groups in total. The molecule has 26 heavy (non-hydrogen) atoms. The summed E-state index contributed by atoms with van der Waals surface area (Å²) in [7, 11) is 1.52. The third-order valence-corrected chi connectivity index (χ3v) is 4.35. The van der Waals surface area contributed by atoms with Crippen LogP contribution in [-0.2, 0) is 19.9 Å². The number of amides is 4. The van der Waals surface area contributed by atoms with Gasteiger partial charge >= 0.3 is 6.03 Å². The summed E-state index contributed by atoms with van der Waals surface area (Å²) in [5.74, 6) is 0.150. The highest BCUT2D eigenvalue weighted by Gasteiger charge is 2.49. The summed E-state index contributed by atoms with van der Waals surface area (Å²) in [5.41, 5.74) is -0.730. The van der Waals surface area contributed by atoms with Crippen molar-refractivity contribution in [2.75, 3.05) is 27.1 Å². The summed E-state index contributed by atoms with van der Waals surface area (Å²) < 4.78 is 15.5. The summed E-state index contributed by atoms with van der Waals surface area (Å²) in [5, 5.41) is 5.33. The highest BCUT2D eigenvalue weighted by molar-refractivity contribution is 6.09. The third-order valence-electron chi connectivity index (χ3n) is 4.35. The largest absolute Gasteiger partial charge is 0.454 e. The molecule has 2 aliphatic rings. The normalized spacial score (nSPS) is 22.3. The first-order valence-electron chi connectivity index (χ1n) is 8.17. The molecule has 1 saturated heterocycles. The van der Waals surface area contributed by atoms with Crippen LogP contribution >= 0.6 is 0 Å². The van der Waals surface area contributed by atoms with Crippen LogP contribution in [0.2, 0.25) is 0 Å². The van der Waals surface area contributed by atoms with Gasteiger partial charge in [0.05, 0.1) is 6.61 Å². The number of imide groups is 1. The second-order valence-electron chi connectivity index (χ2n) is 6.44. The van der Waals surface area contributed by atoms with Crippen LogP contribution in [0.5, 0.6) is 11.5 Å². The van der Waals surface area contributed by atoms with E-state index >= 15 is 0 Å². The Kier molecular flexibility index (Phi) is 4.73. The zero-order valence-corrected chi connectivity index (χ0v) is 14.8. The van der Waals surface area contributed by atoms with E-state index in [1.165, 1.54) is 7.11 Å². The highest BCUT2D eigenvalue weighted by Crippen LogP contribution is 2.37. The van der Waals surface area contributed by atoms with Gasteiger partial charge in [-0.2, -0.15) is 0 Å². The Hall–Kier alpha value is -2.81. The number of carbonyl (C=O) groups excluding carboxylic acids is 3. The molecule has 0 saturated carbocycles. The van der Waals surface area contributed by atoms with Gasteiger partial charge in [-0.1, -0.05) is 6.07 Å². The fraction of sp³-hybridized carbons (Fsp3) is 0.471. The van der Waals surface area contributed by atoms with E-state index < -0.39 is 23.4 Å². The first kappa shape index (κ1) is 18.0. The number of benzene rings is 1. The quantitative estimate of drug-likeness (QED) is 0.706. The number of fused-ring (bicyclic) bond motifs is 1. The molecule has 0 aromatic heterocycles. The Bertz CT molecular complexity index is 752. The molecular formula is C17H21N3O6. The Morgan fingerprint density at radius 3 is 2.85 bits per heavy atom. The van der Waals surface area contributed by atoms with E-state index in [2.05, 4.69) is 10.6 Å². The minimum Gasteiger partial charge on any atom is -0.454 e. The fourth-order valence-corrected chi connectivity index (χ4v) is 3.00. The molecule has 2 aliphatic heterocycles. The lowest BCUT2D eigenvalue weighted by atomic mass is 9.91. The molecule has 0 aliphatic carbocycles. The molecule has 4 amide bonds. The maximum absolute atomic E-state index is 12.9. The number of carbonyl (C=O) groups is 3. The second kappa shape index (κ2) is 6.83. The van der Waals surface area contributed by atoms with Crippen LogP contribution in [0.25, 0.3) is 0 Å². The summed E-state index contributed by atoms with van der Waals surface area (Å²) in [6.45, 7) is 3.45. The van der Waals surface area contributed by atoms with Crippen molar-refractivity contribution in [2.45, 2.75) is 25.4 Å². The Morgan fingerprint density at radius 2 is 2.12 bits per heavy atom. The molecule has 0 bridgehead atoms. The minimum absolute atomic E-state index is 0.113. The van der Waals surface area contributed by atoms with Gasteiger partial charge in [0.1, 0.15) is 12.1 Å². The molecule has 0 unspecified atom stereocenters. The lowest BCUT2D eigenvalue weighted by molar-refractivity contribution is -0.135. The van der Waals surface area contributed by atoms with E-state index in [-0.39, 0.29) is 19.4 Å². The second-order valence-corrected chi connectivity index (χ2v) is 6.44. The van der Waals surface area contributed by atoms with E-state index in [1.807, 2.05) is 0 Å². The highest BCUT2D eigenvalue weighted by atomic mass is 16.7. The predicted molar refractivity (Wildman–Crippen MR) is 89.6 cm³/mol. The SMILES string of the molecule is COC[C@@H](C)NC(=O)CN1C(=O)N[C@](C)(c2ccc3c(c2)OCO3)C1=O. The van der Waals surface area contributed by atoms with Crippen LogP contribution in [0.15, 0.2) is 18.2 Å². The number of nitrogens with one attached hydrogen (secondary N) is 2. The Balaban J connectivity index is 1.74. The zero-order valence-electron chi connectivity index (χ0n) is 14.8. The molecule has 3 rings (SSSR count). The van der Waals surface area contributed by atoms with Gasteiger partial charge in [-0.3, -0.25) is 14.5 Å². The molecule has 140 valence electrons. The first-order chi connectivity index (χ1) is 12.3. The predicted octanol–water partition coefficient (Wildman–Crippen LogP) is 0.333. The number of methoxy groups -OCH3 is 1. The molecule has 1 fully saturated rings. The van der Waals surface area contributed by atoms with E-state index in [9.17, 15) is 14.4 Å². The van der Waals surface area contributed by atoms with Crippen LogP contribution < -0.4 is 20.1 Å². The number of rotatable bonds is 6. The number of urea groups is 1. The van der Waals surface area contributed by atoms with Crippen molar-refractivity contribution < 1.29 is 28.6 Å². The number of hydrogen-bond acceptors (Lipinski definition) is 6. The van der Waals surface area contributed by atoms with Crippen molar-refractivity contribution in [2.24, 2.45) is 0 Å². The van der Waals surface area contributed by atoms with Crippen molar-refractivity contribution in [1.29, 1.82) is 0 Å². The van der Waals surface area contributed by atoms with E-state index in [0.29, 0.717) is 23.7 Å². The first-order valence-corrected chi connectivity index (χ1v) is 8.17. The van der Waals surface area contributed by atoms with Gasteiger partial charge in [-0.05, 0) is 31.5 Å². The van der Waals surface area contributed by atoms with Gasteiger partial charge < -0.3 is 24.8 Å². The number of nitrogens with zero attached hydrogens (tertiary/aromatic N) is 1. The summed E-state index contributed by atoms with van der Waals surface area (Å²) >= 11 is 0. The van der Waals surface area contributed by atoms with E-state index in [1.54, 1.807) is 32.0 Å². The lowest BCUT2D eigenvalue weighted by Crippen LogP contribution is -2.45. The zero-order chi connectivity index (χ0) is 18.9. The van der Waals surface area contributed by atoms with E-state index in [0.717, 1.165) is 4.90 Å². The molecule has 9 heteroatoms. The van der Waals surface area contributed by atoms with Crippen molar-refractivity contribution in [3.05, 3.63) is 23.8 Å². The topological polar surface area (TPSA) is 106 Å². The van der Waals surface area contributed by atoms with Gasteiger partial charge in [-0.25, -0.2) is 4.79 Å². The van der Waals surface area contributed by atoms with Crippen LogP contribution in [0, 0.1) is 0 Å². The van der Waals surface area contributed by atoms with Crippen LogP contribution in [0.3, 0.4) is 0 Å². The van der Waals surface area contributed by atoms with Gasteiger partial charge in [0.15, 0.2) is 11.5 Å². The van der Waals surface area contributed by atoms with Crippen LogP contribution in [-0.4, -0.2) is 55.8 Å². The standard InChI is InChI=1S/C17H21N3O6/c1-10(8-24-3)18-14(21)7-20-15(22)17(2,19-16(20)23)11-4-5-12-13(6-11)26-9-25-12/h4-6,10H,7-9H2,1-3H3,(H,18,21)(H,19,23)/t10-,17-/m1/s1. The smallest absolute Gasteiger partial charge is 0.325 e. The fourth-order valence-electron chi connectivity index (χ4n) is 3.00. The van der Waals surface area contributed by atoms with Crippen LogP contribution in [0.1, 0.15) is 19.4 Å². The van der Waals surface area contributed by atoms with Gasteiger partial charge in [0.25, 0.3) is 5.91 Å². The summed E-state index contributed by atoms with van der Waals surface area (Å²) in [4.78, 5) is 38.1. The molecule has 2 atom stereocenters. The Labute approximate surface area is 150 Å². The average molecular weight is 363 g/mol. The summed E-state index contributed by atoms with van der Waals surface area (Å²) in [6.07, 6.45) is 0. The molecule has 1 aromatic carbocycles. The average Bonchev–Trinajstić information content (AvgIpc) is 3.13. The minimum atomic E-state index is -1.28. The van der Waals surface area contributed by atoms with Crippen molar-refractivity contribution in [1.82, 2.24) is 15.5 Å². The maximum Gasteiger partial charge on any atom is 0.325 e.